The Morgan fingerprint density at radius 3 is 2.13 bits per heavy atom. The van der Waals surface area contributed by atoms with Crippen LogP contribution in [0.25, 0.3) is 11.1 Å². The Bertz CT molecular complexity index is 857. The van der Waals surface area contributed by atoms with E-state index in [4.69, 9.17) is 15.6 Å². The number of amides is 1. The lowest BCUT2D eigenvalue weighted by atomic mass is 9.85. The number of nitrogens with two attached hydrogens (primary N) is 1. The maximum Gasteiger partial charge on any atom is 0.490 e. The second-order valence-electron chi connectivity index (χ2n) is 7.84. The van der Waals surface area contributed by atoms with Crippen LogP contribution in [0.3, 0.4) is 0 Å². The number of primary amides is 1. The summed E-state index contributed by atoms with van der Waals surface area (Å²) in [5.41, 5.74) is 9.50. The summed E-state index contributed by atoms with van der Waals surface area (Å²) < 4.78 is 31.7. The molecule has 3 N–H and O–H groups in total. The van der Waals surface area contributed by atoms with Crippen LogP contribution >= 0.6 is 0 Å². The zero-order chi connectivity index (χ0) is 22.9. The highest BCUT2D eigenvalue weighted by Crippen LogP contribution is 2.28. The minimum Gasteiger partial charge on any atom is -0.475 e. The lowest BCUT2D eigenvalue weighted by Gasteiger charge is -2.21. The summed E-state index contributed by atoms with van der Waals surface area (Å²) in [4.78, 5) is 20.2. The summed E-state index contributed by atoms with van der Waals surface area (Å²) in [6.07, 6.45) is 5.94. The first-order valence-electron chi connectivity index (χ1n) is 10.5. The van der Waals surface area contributed by atoms with Crippen molar-refractivity contribution in [3.05, 3.63) is 59.7 Å². The van der Waals surface area contributed by atoms with Gasteiger partial charge in [-0.25, -0.2) is 4.79 Å². The van der Waals surface area contributed by atoms with Crippen molar-refractivity contribution in [2.24, 2.45) is 11.7 Å². The molecule has 2 aromatic rings. The third-order valence-electron chi connectivity index (χ3n) is 5.48. The topological polar surface area (TPSA) is 80.4 Å². The van der Waals surface area contributed by atoms with Crippen molar-refractivity contribution >= 4 is 11.9 Å². The predicted molar refractivity (Wildman–Crippen MR) is 114 cm³/mol. The van der Waals surface area contributed by atoms with Crippen molar-refractivity contribution in [2.45, 2.75) is 57.5 Å². The smallest absolute Gasteiger partial charge is 0.475 e. The van der Waals surface area contributed by atoms with Gasteiger partial charge in [0.1, 0.15) is 0 Å². The molecule has 1 fully saturated rings. The number of benzene rings is 2. The predicted octanol–water partition coefficient (Wildman–Crippen LogP) is 5.99. The number of aryl methyl sites for hydroxylation is 1. The molecule has 1 amide bonds. The average Bonchev–Trinajstić information content (AvgIpc) is 2.75. The summed E-state index contributed by atoms with van der Waals surface area (Å²) in [5.74, 6) is -2.17. The molecule has 0 aromatic heterocycles. The van der Waals surface area contributed by atoms with Gasteiger partial charge in [0.25, 0.3) is 0 Å². The molecule has 1 aliphatic rings. The van der Waals surface area contributed by atoms with E-state index < -0.39 is 12.1 Å². The zero-order valence-corrected chi connectivity index (χ0v) is 17.3. The van der Waals surface area contributed by atoms with Crippen LogP contribution < -0.4 is 5.73 Å². The maximum absolute atomic E-state index is 11.3. The van der Waals surface area contributed by atoms with E-state index in [-0.39, 0.29) is 5.91 Å². The third-order valence-corrected chi connectivity index (χ3v) is 5.48. The van der Waals surface area contributed by atoms with E-state index in [1.807, 2.05) is 18.2 Å². The zero-order valence-electron chi connectivity index (χ0n) is 17.3. The van der Waals surface area contributed by atoms with Gasteiger partial charge in [0.05, 0.1) is 0 Å². The molecule has 0 spiro atoms. The molecule has 4 nitrogen and oxygen atoms in total. The van der Waals surface area contributed by atoms with Crippen molar-refractivity contribution in [2.75, 3.05) is 0 Å². The molecular formula is C24H28F3NO3. The van der Waals surface area contributed by atoms with Gasteiger partial charge < -0.3 is 10.8 Å². The van der Waals surface area contributed by atoms with Gasteiger partial charge in [-0.2, -0.15) is 13.2 Å². The van der Waals surface area contributed by atoms with Gasteiger partial charge in [-0.15, -0.1) is 0 Å². The SMILES string of the molecule is NC(=O)c1cccc(-c2ccc(CCCC3CCCCC3)cc2)c1.O=C(O)C(F)(F)F. The average molecular weight is 435 g/mol. The molecule has 7 heteroatoms. The largest absolute Gasteiger partial charge is 0.490 e. The third kappa shape index (κ3) is 8.44. The first-order valence-corrected chi connectivity index (χ1v) is 10.5. The van der Waals surface area contributed by atoms with Gasteiger partial charge in [-0.3, -0.25) is 4.79 Å². The standard InChI is InChI=1S/C22H27NO.C2HF3O2/c23-22(24)21-11-5-10-20(16-21)19-14-12-18(13-15-19)9-4-8-17-6-2-1-3-7-17;3-2(4,5)1(6)7/h5,10-17H,1-4,6-9H2,(H2,23,24);(H,6,7). The molecule has 31 heavy (non-hydrogen) atoms. The number of hydrogen-bond acceptors (Lipinski definition) is 2. The van der Waals surface area contributed by atoms with E-state index in [9.17, 15) is 18.0 Å². The van der Waals surface area contributed by atoms with E-state index in [2.05, 4.69) is 24.3 Å². The van der Waals surface area contributed by atoms with Crippen LogP contribution in [0.15, 0.2) is 48.5 Å². The second-order valence-corrected chi connectivity index (χ2v) is 7.84. The number of halogens is 3. The molecule has 0 saturated heterocycles. The van der Waals surface area contributed by atoms with Crippen LogP contribution in [0.1, 0.15) is 60.9 Å². The Kier molecular flexibility index (Phi) is 9.09. The number of hydrogen-bond donors (Lipinski definition) is 2. The van der Waals surface area contributed by atoms with E-state index in [1.54, 1.807) is 6.07 Å². The second kappa shape index (κ2) is 11.5. The summed E-state index contributed by atoms with van der Waals surface area (Å²) in [6, 6.07) is 16.2. The highest BCUT2D eigenvalue weighted by molar-refractivity contribution is 5.94. The number of aliphatic carboxylic acids is 1. The summed E-state index contributed by atoms with van der Waals surface area (Å²) >= 11 is 0. The highest BCUT2D eigenvalue weighted by Gasteiger charge is 2.38. The first-order chi connectivity index (χ1) is 14.7. The lowest BCUT2D eigenvalue weighted by Crippen LogP contribution is -2.21. The van der Waals surface area contributed by atoms with E-state index >= 15 is 0 Å². The molecule has 0 atom stereocenters. The molecular weight excluding hydrogens is 407 g/mol. The molecule has 3 rings (SSSR count). The van der Waals surface area contributed by atoms with Crippen LogP contribution in [-0.4, -0.2) is 23.2 Å². The van der Waals surface area contributed by atoms with Gasteiger partial charge in [0.15, 0.2) is 0 Å². The van der Waals surface area contributed by atoms with Crippen molar-refractivity contribution < 1.29 is 27.9 Å². The Balaban J connectivity index is 0.000000423. The normalized spacial score (nSPS) is 14.4. The molecule has 0 radical (unpaired) electrons. The van der Waals surface area contributed by atoms with Crippen LogP contribution in [-0.2, 0) is 11.2 Å². The molecule has 1 saturated carbocycles. The van der Waals surface area contributed by atoms with E-state index in [1.165, 1.54) is 50.5 Å². The Labute approximate surface area is 180 Å². The number of carboxylic acid groups (broad SMARTS) is 1. The summed E-state index contributed by atoms with van der Waals surface area (Å²) in [5, 5.41) is 7.12. The monoisotopic (exact) mass is 435 g/mol. The minimum atomic E-state index is -5.08. The van der Waals surface area contributed by atoms with Crippen LogP contribution in [0.4, 0.5) is 13.2 Å². The van der Waals surface area contributed by atoms with Crippen LogP contribution in [0.2, 0.25) is 0 Å². The molecule has 168 valence electrons. The minimum absolute atomic E-state index is 0.379. The Morgan fingerprint density at radius 1 is 0.968 bits per heavy atom. The molecule has 1 aliphatic carbocycles. The lowest BCUT2D eigenvalue weighted by molar-refractivity contribution is -0.192. The van der Waals surface area contributed by atoms with Gasteiger partial charge in [0.2, 0.25) is 5.91 Å². The highest BCUT2D eigenvalue weighted by atomic mass is 19.4. The number of carbonyl (C=O) groups is 2. The van der Waals surface area contributed by atoms with Crippen molar-refractivity contribution in [3.8, 4) is 11.1 Å². The van der Waals surface area contributed by atoms with Crippen molar-refractivity contribution in [3.63, 3.8) is 0 Å². The van der Waals surface area contributed by atoms with Gasteiger partial charge in [0, 0.05) is 5.56 Å². The van der Waals surface area contributed by atoms with Crippen molar-refractivity contribution in [1.29, 1.82) is 0 Å². The fourth-order valence-electron chi connectivity index (χ4n) is 3.79. The molecule has 0 aliphatic heterocycles. The van der Waals surface area contributed by atoms with Crippen LogP contribution in [0.5, 0.6) is 0 Å². The summed E-state index contributed by atoms with van der Waals surface area (Å²) in [7, 11) is 0. The Morgan fingerprint density at radius 2 is 1.58 bits per heavy atom. The molecule has 2 aromatic carbocycles. The first kappa shape index (κ1) is 24.4. The molecule has 0 unspecified atom stereocenters. The van der Waals surface area contributed by atoms with E-state index in [0.717, 1.165) is 23.5 Å². The number of alkyl halides is 3. The number of carboxylic acids is 1. The molecule has 0 heterocycles. The number of carbonyl (C=O) groups excluding carboxylic acids is 1. The van der Waals surface area contributed by atoms with Crippen molar-refractivity contribution in [1.82, 2.24) is 0 Å². The quantitative estimate of drug-likeness (QED) is 0.585. The Hall–Kier alpha value is -2.83. The van der Waals surface area contributed by atoms with Crippen LogP contribution in [0, 0.1) is 5.92 Å². The van der Waals surface area contributed by atoms with Gasteiger partial charge >= 0.3 is 12.1 Å². The number of rotatable bonds is 6. The maximum atomic E-state index is 11.3. The van der Waals surface area contributed by atoms with Gasteiger partial charge in [-0.1, -0.05) is 74.9 Å². The van der Waals surface area contributed by atoms with E-state index in [0.29, 0.717) is 5.56 Å². The van der Waals surface area contributed by atoms with Gasteiger partial charge in [-0.05, 0) is 47.6 Å². The fraction of sp³-hybridized carbons (Fsp3) is 0.417. The summed E-state index contributed by atoms with van der Waals surface area (Å²) in [6.45, 7) is 0. The fourth-order valence-corrected chi connectivity index (χ4v) is 3.79. The molecule has 0 bridgehead atoms.